The molecule has 0 saturated heterocycles. The average Bonchev–Trinajstić information content (AvgIpc) is 2.48. The summed E-state index contributed by atoms with van der Waals surface area (Å²) in [6.45, 7) is 8.38. The van der Waals surface area contributed by atoms with Crippen molar-refractivity contribution in [1.82, 2.24) is 0 Å². The molecule has 0 aromatic heterocycles. The number of carbonyl (C=O) groups excluding carboxylic acids is 1. The van der Waals surface area contributed by atoms with Crippen LogP contribution in [0.4, 0.5) is 0 Å². The molecule has 1 atom stereocenters. The summed E-state index contributed by atoms with van der Waals surface area (Å²) < 4.78 is 13.6. The minimum absolute atomic E-state index is 0.112. The first-order valence-electron chi connectivity index (χ1n) is 7.17. The number of benzene rings is 2. The molecule has 0 aliphatic rings. The Labute approximate surface area is 133 Å². The Bertz CT molecular complexity index is 613. The number of rotatable bonds is 4. The van der Waals surface area contributed by atoms with Crippen LogP contribution in [0.15, 0.2) is 42.5 Å². The highest BCUT2D eigenvalue weighted by Crippen LogP contribution is 2.20. The van der Waals surface area contributed by atoms with Gasteiger partial charge >= 0.3 is 8.69 Å². The van der Waals surface area contributed by atoms with E-state index in [-0.39, 0.29) is 5.78 Å². The fraction of sp³-hybridized carbons (Fsp3) is 0.278. The Morgan fingerprint density at radius 1 is 1.05 bits per heavy atom. The monoisotopic (exact) mass is 317 g/mol. The third kappa shape index (κ3) is 5.18. The maximum absolute atomic E-state index is 12.4. The highest BCUT2D eigenvalue weighted by Gasteiger charge is 2.14. The van der Waals surface area contributed by atoms with Crippen LogP contribution in [0.1, 0.15) is 39.5 Å². The third-order valence-electron chi connectivity index (χ3n) is 3.14. The van der Waals surface area contributed by atoms with Crippen LogP contribution >= 0.6 is 8.69 Å². The van der Waals surface area contributed by atoms with Crippen molar-refractivity contribution in [2.45, 2.75) is 27.7 Å². The predicted molar refractivity (Wildman–Crippen MR) is 91.2 cm³/mol. The van der Waals surface area contributed by atoms with Gasteiger partial charge < -0.3 is 0 Å². The summed E-state index contributed by atoms with van der Waals surface area (Å²) in [5, 5.41) is 0. The van der Waals surface area contributed by atoms with E-state index in [1.807, 2.05) is 44.2 Å². The number of ketones is 1. The molecule has 4 heteroatoms. The molecular formula is C18H22O3P+. The highest BCUT2D eigenvalue weighted by atomic mass is 31.1. The van der Waals surface area contributed by atoms with Gasteiger partial charge in [-0.3, -0.25) is 4.79 Å². The van der Waals surface area contributed by atoms with Gasteiger partial charge in [0.1, 0.15) is 0 Å². The summed E-state index contributed by atoms with van der Waals surface area (Å²) in [4.78, 5) is 12.4. The van der Waals surface area contributed by atoms with Crippen LogP contribution in [0.3, 0.4) is 0 Å². The Morgan fingerprint density at radius 3 is 2.00 bits per heavy atom. The maximum atomic E-state index is 12.4. The zero-order valence-corrected chi connectivity index (χ0v) is 14.5. The van der Waals surface area contributed by atoms with Gasteiger partial charge in [0.25, 0.3) is 0 Å². The van der Waals surface area contributed by atoms with Crippen LogP contribution in [-0.2, 0) is 9.09 Å². The zero-order chi connectivity index (χ0) is 16.5. The Morgan fingerprint density at radius 2 is 1.59 bits per heavy atom. The van der Waals surface area contributed by atoms with E-state index in [1.54, 1.807) is 6.92 Å². The van der Waals surface area contributed by atoms with Crippen molar-refractivity contribution in [2.24, 2.45) is 0 Å². The lowest BCUT2D eigenvalue weighted by Gasteiger charge is -2.10. The smallest absolute Gasteiger partial charge is 0.289 e. The molecule has 2 aromatic rings. The van der Waals surface area contributed by atoms with Crippen molar-refractivity contribution in [2.75, 3.05) is 6.61 Å². The van der Waals surface area contributed by atoms with Crippen LogP contribution in [0.25, 0.3) is 0 Å². The van der Waals surface area contributed by atoms with Crippen LogP contribution < -0.4 is 0 Å². The molecular weight excluding hydrogens is 295 g/mol. The molecule has 116 valence electrons. The first kappa shape index (κ1) is 18.2. The SMILES string of the molecule is CCO[PH+]=O.Cc1cc(C)c(C(=O)c2ccccc2)c(C)c1. The van der Waals surface area contributed by atoms with Gasteiger partial charge in [-0.15, -0.1) is 4.52 Å². The zero-order valence-electron chi connectivity index (χ0n) is 13.5. The summed E-state index contributed by atoms with van der Waals surface area (Å²) in [6.07, 6.45) is 0. The fourth-order valence-electron chi connectivity index (χ4n) is 2.33. The van der Waals surface area contributed by atoms with Crippen LogP contribution in [-0.4, -0.2) is 12.4 Å². The fourth-order valence-corrected chi connectivity index (χ4v) is 2.45. The Kier molecular flexibility index (Phi) is 7.65. The van der Waals surface area contributed by atoms with Gasteiger partial charge in [-0.2, -0.15) is 0 Å². The van der Waals surface area contributed by atoms with E-state index in [9.17, 15) is 9.36 Å². The number of hydrogen-bond acceptors (Lipinski definition) is 3. The van der Waals surface area contributed by atoms with Gasteiger partial charge in [0.2, 0.25) is 0 Å². The highest BCUT2D eigenvalue weighted by molar-refractivity contribution is 7.17. The summed E-state index contributed by atoms with van der Waals surface area (Å²) >= 11 is 0. The van der Waals surface area contributed by atoms with E-state index in [0.717, 1.165) is 22.3 Å². The van der Waals surface area contributed by atoms with Gasteiger partial charge in [-0.25, -0.2) is 0 Å². The van der Waals surface area contributed by atoms with E-state index in [1.165, 1.54) is 5.56 Å². The van der Waals surface area contributed by atoms with Crippen molar-refractivity contribution in [3.05, 3.63) is 70.3 Å². The molecule has 0 fully saturated rings. The summed E-state index contributed by atoms with van der Waals surface area (Å²) in [5.41, 5.74) is 4.89. The number of hydrogen-bond donors (Lipinski definition) is 0. The number of aryl methyl sites for hydroxylation is 3. The number of carbonyl (C=O) groups is 1. The van der Waals surface area contributed by atoms with E-state index < -0.39 is 8.69 Å². The maximum Gasteiger partial charge on any atom is 0.494 e. The lowest BCUT2D eigenvalue weighted by Crippen LogP contribution is -2.06. The molecule has 0 radical (unpaired) electrons. The van der Waals surface area contributed by atoms with E-state index in [0.29, 0.717) is 6.61 Å². The second-order valence-corrected chi connectivity index (χ2v) is 5.44. The molecule has 22 heavy (non-hydrogen) atoms. The van der Waals surface area contributed by atoms with Crippen molar-refractivity contribution in [1.29, 1.82) is 0 Å². The largest absolute Gasteiger partial charge is 0.494 e. The van der Waals surface area contributed by atoms with Crippen LogP contribution in [0, 0.1) is 20.8 Å². The summed E-state index contributed by atoms with van der Waals surface area (Å²) in [7, 11) is -0.592. The lowest BCUT2D eigenvalue weighted by molar-refractivity contribution is 0.103. The molecule has 0 saturated carbocycles. The first-order valence-corrected chi connectivity index (χ1v) is 7.99. The summed E-state index contributed by atoms with van der Waals surface area (Å²) in [6, 6.07) is 13.6. The standard InChI is InChI=1S/C16H16O.C2H6O2P/c1-11-9-12(2)15(13(3)10-11)16(17)14-7-5-4-6-8-14;1-2-4-5-3/h4-10H,1-3H3;5H,2H2,1H3/q;+1. The molecule has 0 bridgehead atoms. The second-order valence-electron chi connectivity index (χ2n) is 4.99. The second kappa shape index (κ2) is 9.24. The molecule has 0 amide bonds. The van der Waals surface area contributed by atoms with Gasteiger partial charge in [-0.1, -0.05) is 48.0 Å². The van der Waals surface area contributed by atoms with Crippen molar-refractivity contribution >= 4 is 14.5 Å². The van der Waals surface area contributed by atoms with Crippen molar-refractivity contribution < 1.29 is 13.9 Å². The molecule has 0 aliphatic heterocycles. The summed E-state index contributed by atoms with van der Waals surface area (Å²) in [5.74, 6) is 0.112. The average molecular weight is 317 g/mol. The van der Waals surface area contributed by atoms with E-state index >= 15 is 0 Å². The molecule has 3 nitrogen and oxygen atoms in total. The van der Waals surface area contributed by atoms with Crippen LogP contribution in [0.5, 0.6) is 0 Å². The topological polar surface area (TPSA) is 43.4 Å². The van der Waals surface area contributed by atoms with Crippen molar-refractivity contribution in [3.8, 4) is 0 Å². The van der Waals surface area contributed by atoms with E-state index in [4.69, 9.17) is 0 Å². The third-order valence-corrected chi connectivity index (χ3v) is 3.55. The minimum atomic E-state index is -0.592. The van der Waals surface area contributed by atoms with Crippen molar-refractivity contribution in [3.63, 3.8) is 0 Å². The van der Waals surface area contributed by atoms with E-state index in [2.05, 4.69) is 23.6 Å². The molecule has 2 aromatic carbocycles. The predicted octanol–water partition coefficient (Wildman–Crippen LogP) is 4.80. The lowest BCUT2D eigenvalue weighted by atomic mass is 9.93. The molecule has 0 heterocycles. The molecule has 2 rings (SSSR count). The first-order chi connectivity index (χ1) is 10.5. The Hall–Kier alpha value is -1.83. The Balaban J connectivity index is 0.000000422. The van der Waals surface area contributed by atoms with Gasteiger partial charge in [0, 0.05) is 11.1 Å². The molecule has 0 spiro atoms. The van der Waals surface area contributed by atoms with Gasteiger partial charge in [0.15, 0.2) is 5.78 Å². The quantitative estimate of drug-likeness (QED) is 0.600. The normalized spacial score (nSPS) is 10.0. The molecule has 1 unspecified atom stereocenters. The molecule has 0 N–H and O–H groups in total. The minimum Gasteiger partial charge on any atom is -0.289 e. The van der Waals surface area contributed by atoms with Gasteiger partial charge in [0.05, 0.1) is 6.61 Å². The molecule has 0 aliphatic carbocycles. The van der Waals surface area contributed by atoms with Gasteiger partial charge in [-0.05, 0) is 43.4 Å². The van der Waals surface area contributed by atoms with Crippen LogP contribution in [0.2, 0.25) is 0 Å².